The van der Waals surface area contributed by atoms with Gasteiger partial charge in [-0.15, -0.1) is 0 Å². The minimum absolute atomic E-state index is 0. The van der Waals surface area contributed by atoms with Gasteiger partial charge < -0.3 is 6.16 Å². The molecule has 0 aromatic rings. The van der Waals surface area contributed by atoms with Crippen molar-refractivity contribution in [2.24, 2.45) is 0 Å². The van der Waals surface area contributed by atoms with E-state index < -0.39 is 11.9 Å². The van der Waals surface area contributed by atoms with Crippen molar-refractivity contribution in [1.29, 1.82) is 0 Å². The van der Waals surface area contributed by atoms with Crippen LogP contribution < -0.4 is 29.6 Å². The number of rotatable bonds is 6. The van der Waals surface area contributed by atoms with Crippen molar-refractivity contribution < 1.29 is 45.3 Å². The Hall–Kier alpha value is 0.140. The number of ether oxygens (including phenoxy) is 1. The van der Waals surface area contributed by atoms with Crippen LogP contribution in [0.15, 0.2) is 0 Å². The van der Waals surface area contributed by atoms with Crippen LogP contribution in [-0.2, 0) is 14.3 Å². The molecule has 0 saturated heterocycles. The van der Waals surface area contributed by atoms with Crippen LogP contribution in [0.2, 0.25) is 0 Å². The van der Waals surface area contributed by atoms with Gasteiger partial charge >= 0.3 is 41.5 Å². The van der Waals surface area contributed by atoms with Crippen molar-refractivity contribution in [3.05, 3.63) is 0 Å². The van der Waals surface area contributed by atoms with E-state index in [1.807, 2.05) is 0 Å². The molecule has 14 heavy (non-hydrogen) atoms. The minimum atomic E-state index is -0.515. The van der Waals surface area contributed by atoms with Gasteiger partial charge in [0.2, 0.25) is 0 Å². The second kappa shape index (κ2) is 11.2. The SMILES string of the molecule is CCCCCCCC(=O)OC(C)=O.[H-].[Na+]. The van der Waals surface area contributed by atoms with E-state index in [4.69, 9.17) is 0 Å². The van der Waals surface area contributed by atoms with Crippen LogP contribution in [0.1, 0.15) is 53.8 Å². The molecule has 0 spiro atoms. The Kier molecular flexibility index (Phi) is 13.3. The van der Waals surface area contributed by atoms with Gasteiger partial charge in [0.05, 0.1) is 0 Å². The molecule has 0 amide bonds. The summed E-state index contributed by atoms with van der Waals surface area (Å²) >= 11 is 0. The summed E-state index contributed by atoms with van der Waals surface area (Å²) in [5.74, 6) is -0.914. The third-order valence-corrected chi connectivity index (χ3v) is 1.74. The van der Waals surface area contributed by atoms with E-state index in [1.165, 1.54) is 19.8 Å². The zero-order valence-corrected chi connectivity index (χ0v) is 11.5. The van der Waals surface area contributed by atoms with Crippen LogP contribution >= 0.6 is 0 Å². The second-order valence-electron chi connectivity index (χ2n) is 3.13. The van der Waals surface area contributed by atoms with Crippen molar-refractivity contribution >= 4 is 11.9 Å². The van der Waals surface area contributed by atoms with Crippen LogP contribution in [0, 0.1) is 0 Å². The molecule has 4 heteroatoms. The van der Waals surface area contributed by atoms with E-state index in [-0.39, 0.29) is 31.0 Å². The van der Waals surface area contributed by atoms with Crippen molar-refractivity contribution in [3.8, 4) is 0 Å². The van der Waals surface area contributed by atoms with Gasteiger partial charge in [0.25, 0.3) is 0 Å². The first-order valence-electron chi connectivity index (χ1n) is 4.88. The molecule has 0 bridgehead atoms. The summed E-state index contributed by atoms with van der Waals surface area (Å²) < 4.78 is 4.38. The van der Waals surface area contributed by atoms with Crippen molar-refractivity contribution in [1.82, 2.24) is 0 Å². The molecule has 0 fully saturated rings. The molecule has 78 valence electrons. The molecule has 0 aliphatic heterocycles. The summed E-state index contributed by atoms with van der Waals surface area (Å²) in [4.78, 5) is 21.2. The van der Waals surface area contributed by atoms with E-state index in [2.05, 4.69) is 11.7 Å². The maximum Gasteiger partial charge on any atom is 1.00 e. The molecule has 0 heterocycles. The number of hydrogen-bond donors (Lipinski definition) is 0. The minimum Gasteiger partial charge on any atom is -1.00 e. The molecule has 0 radical (unpaired) electrons. The maximum atomic E-state index is 10.8. The summed E-state index contributed by atoms with van der Waals surface area (Å²) in [5.41, 5.74) is 0. The van der Waals surface area contributed by atoms with Crippen LogP contribution in [0.5, 0.6) is 0 Å². The molecular weight excluding hydrogens is 191 g/mol. The number of carbonyl (C=O) groups excluding carboxylic acids is 2. The first kappa shape index (κ1) is 16.6. The van der Waals surface area contributed by atoms with E-state index in [9.17, 15) is 9.59 Å². The Morgan fingerprint density at radius 1 is 1.14 bits per heavy atom. The molecule has 0 N–H and O–H groups in total. The fourth-order valence-corrected chi connectivity index (χ4v) is 1.08. The molecule has 0 atom stereocenters. The number of esters is 2. The Labute approximate surface area is 109 Å². The van der Waals surface area contributed by atoms with E-state index in [1.54, 1.807) is 0 Å². The summed E-state index contributed by atoms with van der Waals surface area (Å²) in [7, 11) is 0. The van der Waals surface area contributed by atoms with Crippen LogP contribution in [0.3, 0.4) is 0 Å². The van der Waals surface area contributed by atoms with Crippen LogP contribution in [0.25, 0.3) is 0 Å². The quantitative estimate of drug-likeness (QED) is 0.258. The van der Waals surface area contributed by atoms with Gasteiger partial charge in [0.1, 0.15) is 0 Å². The van der Waals surface area contributed by atoms with Crippen molar-refractivity contribution in [3.63, 3.8) is 0 Å². The third-order valence-electron chi connectivity index (χ3n) is 1.74. The number of unbranched alkanes of at least 4 members (excludes halogenated alkanes) is 4. The molecule has 3 nitrogen and oxygen atoms in total. The van der Waals surface area contributed by atoms with Gasteiger partial charge in [-0.05, 0) is 6.42 Å². The molecular formula is C10H19NaO3. The predicted molar refractivity (Wildman–Crippen MR) is 51.3 cm³/mol. The van der Waals surface area contributed by atoms with Gasteiger partial charge in [0, 0.05) is 13.3 Å². The zero-order chi connectivity index (χ0) is 10.1. The molecule has 0 saturated carbocycles. The average molecular weight is 210 g/mol. The molecule has 0 unspecified atom stereocenters. The van der Waals surface area contributed by atoms with Crippen LogP contribution in [0.4, 0.5) is 0 Å². The van der Waals surface area contributed by atoms with E-state index >= 15 is 0 Å². The summed E-state index contributed by atoms with van der Waals surface area (Å²) in [6.45, 7) is 3.39. The molecule has 0 aromatic carbocycles. The molecule has 0 rings (SSSR count). The maximum absolute atomic E-state index is 10.8. The Balaban J connectivity index is -0.000000720. The second-order valence-corrected chi connectivity index (χ2v) is 3.13. The monoisotopic (exact) mass is 210 g/mol. The standard InChI is InChI=1S/C10H18O3.Na.H/c1-3-4-5-6-7-8-10(12)13-9(2)11;;/h3-8H2,1-2H3;;/q;+1;-1. The molecule has 0 aromatic heterocycles. The van der Waals surface area contributed by atoms with Crippen molar-refractivity contribution in [2.45, 2.75) is 52.4 Å². The predicted octanol–water partition coefficient (Wildman–Crippen LogP) is -0.447. The van der Waals surface area contributed by atoms with Gasteiger partial charge in [-0.1, -0.05) is 32.6 Å². The summed E-state index contributed by atoms with van der Waals surface area (Å²) in [6.07, 6.45) is 5.79. The smallest absolute Gasteiger partial charge is 1.00 e. The van der Waals surface area contributed by atoms with Gasteiger partial charge in [-0.25, -0.2) is 0 Å². The fraction of sp³-hybridized carbons (Fsp3) is 0.800. The van der Waals surface area contributed by atoms with E-state index in [0.29, 0.717) is 6.42 Å². The van der Waals surface area contributed by atoms with E-state index in [0.717, 1.165) is 19.3 Å². The third kappa shape index (κ3) is 12.1. The first-order valence-corrected chi connectivity index (χ1v) is 4.88. The normalized spacial score (nSPS) is 9.00. The number of carbonyl (C=O) groups is 2. The van der Waals surface area contributed by atoms with Crippen molar-refractivity contribution in [2.75, 3.05) is 0 Å². The average Bonchev–Trinajstić information content (AvgIpc) is 2.02. The molecule has 0 aliphatic carbocycles. The zero-order valence-electron chi connectivity index (χ0n) is 10.5. The Morgan fingerprint density at radius 2 is 1.71 bits per heavy atom. The Morgan fingerprint density at radius 3 is 2.21 bits per heavy atom. The fourth-order valence-electron chi connectivity index (χ4n) is 1.08. The summed E-state index contributed by atoms with van der Waals surface area (Å²) in [5, 5.41) is 0. The largest absolute Gasteiger partial charge is 1.00 e. The Bertz CT molecular complexity index is 174. The van der Waals surface area contributed by atoms with Gasteiger partial charge in [0.15, 0.2) is 0 Å². The van der Waals surface area contributed by atoms with Gasteiger partial charge in [-0.2, -0.15) is 0 Å². The topological polar surface area (TPSA) is 43.4 Å². The molecule has 0 aliphatic rings. The van der Waals surface area contributed by atoms with Crippen LogP contribution in [-0.4, -0.2) is 11.9 Å². The van der Waals surface area contributed by atoms with Gasteiger partial charge in [-0.3, -0.25) is 9.59 Å². The summed E-state index contributed by atoms with van der Waals surface area (Å²) in [6, 6.07) is 0. The number of hydrogen-bond acceptors (Lipinski definition) is 3. The first-order chi connectivity index (χ1) is 6.16.